The Hall–Kier alpha value is -2.16. The minimum Gasteiger partial charge on any atom is -0.374 e. The molecule has 1 heterocycles. The third-order valence-electron chi connectivity index (χ3n) is 4.80. The largest absolute Gasteiger partial charge is 0.374 e. The Morgan fingerprint density at radius 3 is 2.00 bits per heavy atom. The Labute approximate surface area is 169 Å². The quantitative estimate of drug-likeness (QED) is 0.495. The van der Waals surface area contributed by atoms with Crippen LogP contribution in [0.2, 0.25) is 0 Å². The Kier molecular flexibility index (Phi) is 9.06. The highest BCUT2D eigenvalue weighted by atomic mass is 16.5. The van der Waals surface area contributed by atoms with Crippen LogP contribution < -0.4 is 0 Å². The fourth-order valence-electron chi connectivity index (χ4n) is 3.17. The first-order chi connectivity index (χ1) is 13.9. The monoisotopic (exact) mass is 378 g/mol. The molecule has 0 atom stereocenters. The summed E-state index contributed by atoms with van der Waals surface area (Å²) in [6.07, 6.45) is 0. The van der Waals surface area contributed by atoms with E-state index in [9.17, 15) is 0 Å². The summed E-state index contributed by atoms with van der Waals surface area (Å²) >= 11 is 0. The molecular formula is C24H30N2O2. The molecule has 1 fully saturated rings. The zero-order chi connectivity index (χ0) is 19.3. The van der Waals surface area contributed by atoms with Crippen LogP contribution in [-0.4, -0.2) is 62.3 Å². The van der Waals surface area contributed by atoms with Crippen molar-refractivity contribution in [3.63, 3.8) is 0 Å². The lowest BCUT2D eigenvalue weighted by Crippen LogP contribution is -2.45. The van der Waals surface area contributed by atoms with Crippen LogP contribution in [0.25, 0.3) is 0 Å². The first-order valence-electron chi connectivity index (χ1n) is 10.0. The van der Waals surface area contributed by atoms with E-state index in [1.165, 1.54) is 11.1 Å². The molecule has 1 aliphatic heterocycles. The molecule has 0 spiro atoms. The Balaban J connectivity index is 1.19. The highest BCUT2D eigenvalue weighted by molar-refractivity contribution is 5.15. The van der Waals surface area contributed by atoms with Gasteiger partial charge in [-0.05, 0) is 11.1 Å². The first kappa shape index (κ1) is 20.6. The number of rotatable bonds is 9. The van der Waals surface area contributed by atoms with Crippen molar-refractivity contribution in [2.75, 3.05) is 52.5 Å². The molecule has 0 aromatic heterocycles. The molecule has 1 saturated heterocycles. The predicted octanol–water partition coefficient (Wildman–Crippen LogP) is 3.04. The zero-order valence-corrected chi connectivity index (χ0v) is 16.6. The highest BCUT2D eigenvalue weighted by Crippen LogP contribution is 2.08. The summed E-state index contributed by atoms with van der Waals surface area (Å²) in [5.41, 5.74) is 2.58. The summed E-state index contributed by atoms with van der Waals surface area (Å²) in [6.45, 7) is 8.52. The van der Waals surface area contributed by atoms with Crippen molar-refractivity contribution in [3.8, 4) is 11.8 Å². The number of nitrogens with zero attached hydrogens (tertiary/aromatic N) is 2. The van der Waals surface area contributed by atoms with Crippen LogP contribution in [0.1, 0.15) is 11.1 Å². The van der Waals surface area contributed by atoms with E-state index in [4.69, 9.17) is 9.47 Å². The van der Waals surface area contributed by atoms with Crippen molar-refractivity contribution < 1.29 is 9.47 Å². The Morgan fingerprint density at radius 2 is 1.29 bits per heavy atom. The summed E-state index contributed by atoms with van der Waals surface area (Å²) in [4.78, 5) is 4.93. The van der Waals surface area contributed by atoms with Crippen molar-refractivity contribution in [1.29, 1.82) is 0 Å². The van der Waals surface area contributed by atoms with Crippen molar-refractivity contribution in [2.45, 2.75) is 13.2 Å². The van der Waals surface area contributed by atoms with E-state index in [0.29, 0.717) is 26.4 Å². The maximum Gasteiger partial charge on any atom is 0.107 e. The van der Waals surface area contributed by atoms with Gasteiger partial charge in [0.15, 0.2) is 0 Å². The molecule has 148 valence electrons. The van der Waals surface area contributed by atoms with Gasteiger partial charge in [-0.15, -0.1) is 0 Å². The number of ether oxygens (including phenoxy) is 2. The van der Waals surface area contributed by atoms with Gasteiger partial charge in [-0.3, -0.25) is 9.80 Å². The lowest BCUT2D eigenvalue weighted by Gasteiger charge is -2.33. The molecular weight excluding hydrogens is 348 g/mol. The van der Waals surface area contributed by atoms with Gasteiger partial charge >= 0.3 is 0 Å². The van der Waals surface area contributed by atoms with Gasteiger partial charge in [-0.25, -0.2) is 0 Å². The van der Waals surface area contributed by atoms with E-state index in [-0.39, 0.29) is 0 Å². The number of hydrogen-bond donors (Lipinski definition) is 0. The molecule has 28 heavy (non-hydrogen) atoms. The van der Waals surface area contributed by atoms with Gasteiger partial charge in [0.25, 0.3) is 0 Å². The predicted molar refractivity (Wildman–Crippen MR) is 113 cm³/mol. The summed E-state index contributed by atoms with van der Waals surface area (Å²) < 4.78 is 11.1. The zero-order valence-electron chi connectivity index (χ0n) is 16.6. The van der Waals surface area contributed by atoms with E-state index < -0.39 is 0 Å². The van der Waals surface area contributed by atoms with Gasteiger partial charge in [0, 0.05) is 32.7 Å². The lowest BCUT2D eigenvalue weighted by molar-refractivity contribution is 0.0519. The Morgan fingerprint density at radius 1 is 0.679 bits per heavy atom. The second kappa shape index (κ2) is 12.3. The molecule has 0 radical (unpaired) electrons. The third kappa shape index (κ3) is 7.84. The highest BCUT2D eigenvalue weighted by Gasteiger charge is 2.15. The molecule has 2 aromatic rings. The van der Waals surface area contributed by atoms with Crippen LogP contribution in [0.3, 0.4) is 0 Å². The fourth-order valence-corrected chi connectivity index (χ4v) is 3.17. The lowest BCUT2D eigenvalue weighted by atomic mass is 10.2. The maximum atomic E-state index is 5.59. The minimum atomic E-state index is 0.475. The molecule has 0 amide bonds. The van der Waals surface area contributed by atoms with Gasteiger partial charge in [0.2, 0.25) is 0 Å². The van der Waals surface area contributed by atoms with Gasteiger partial charge in [0.1, 0.15) is 6.61 Å². The van der Waals surface area contributed by atoms with Crippen molar-refractivity contribution in [1.82, 2.24) is 9.80 Å². The van der Waals surface area contributed by atoms with E-state index in [2.05, 4.69) is 64.1 Å². The number of piperazine rings is 1. The number of benzene rings is 2. The molecule has 3 rings (SSSR count). The summed E-state index contributed by atoms with van der Waals surface area (Å²) in [5, 5.41) is 0. The van der Waals surface area contributed by atoms with E-state index in [1.807, 2.05) is 18.2 Å². The standard InChI is InChI=1S/C24H30N2O2/c1-3-9-23(10-4-1)21-26-16-14-25(15-17-26)13-7-8-18-27-19-20-28-22-24-11-5-2-6-12-24/h1-6,9-12H,13-22H2. The smallest absolute Gasteiger partial charge is 0.107 e. The van der Waals surface area contributed by atoms with E-state index in [0.717, 1.165) is 39.3 Å². The minimum absolute atomic E-state index is 0.475. The van der Waals surface area contributed by atoms with Crippen LogP contribution in [-0.2, 0) is 22.6 Å². The molecule has 2 aromatic carbocycles. The molecule has 0 N–H and O–H groups in total. The maximum absolute atomic E-state index is 5.59. The van der Waals surface area contributed by atoms with Gasteiger partial charge in [0.05, 0.1) is 26.4 Å². The van der Waals surface area contributed by atoms with Crippen molar-refractivity contribution in [2.24, 2.45) is 0 Å². The van der Waals surface area contributed by atoms with Crippen LogP contribution in [0, 0.1) is 11.8 Å². The van der Waals surface area contributed by atoms with E-state index in [1.54, 1.807) is 0 Å². The van der Waals surface area contributed by atoms with Gasteiger partial charge < -0.3 is 9.47 Å². The third-order valence-corrected chi connectivity index (χ3v) is 4.80. The summed E-state index contributed by atoms with van der Waals surface area (Å²) in [5.74, 6) is 6.34. The summed E-state index contributed by atoms with van der Waals surface area (Å²) in [6, 6.07) is 20.9. The topological polar surface area (TPSA) is 24.9 Å². The SMILES string of the molecule is C(#CCN1CCN(Cc2ccccc2)CC1)COCCOCc1ccccc1. The molecule has 0 saturated carbocycles. The van der Waals surface area contributed by atoms with Gasteiger partial charge in [-0.1, -0.05) is 72.5 Å². The molecule has 0 bridgehead atoms. The second-order valence-electron chi connectivity index (χ2n) is 6.98. The molecule has 1 aliphatic rings. The fraction of sp³-hybridized carbons (Fsp3) is 0.417. The van der Waals surface area contributed by atoms with E-state index >= 15 is 0 Å². The van der Waals surface area contributed by atoms with Crippen molar-refractivity contribution in [3.05, 3.63) is 71.8 Å². The van der Waals surface area contributed by atoms with Crippen molar-refractivity contribution >= 4 is 0 Å². The van der Waals surface area contributed by atoms with Crippen LogP contribution in [0.15, 0.2) is 60.7 Å². The molecule has 4 heteroatoms. The first-order valence-corrected chi connectivity index (χ1v) is 10.0. The average Bonchev–Trinajstić information content (AvgIpc) is 2.75. The molecule has 4 nitrogen and oxygen atoms in total. The number of hydrogen-bond acceptors (Lipinski definition) is 4. The average molecular weight is 379 g/mol. The van der Waals surface area contributed by atoms with Gasteiger partial charge in [-0.2, -0.15) is 0 Å². The Bertz CT molecular complexity index is 717. The molecule has 0 unspecified atom stereocenters. The molecule has 0 aliphatic carbocycles. The van der Waals surface area contributed by atoms with Crippen LogP contribution >= 0.6 is 0 Å². The normalized spacial score (nSPS) is 15.1. The van der Waals surface area contributed by atoms with Crippen LogP contribution in [0.4, 0.5) is 0 Å². The second-order valence-corrected chi connectivity index (χ2v) is 6.98. The summed E-state index contributed by atoms with van der Waals surface area (Å²) in [7, 11) is 0. The van der Waals surface area contributed by atoms with Crippen LogP contribution in [0.5, 0.6) is 0 Å².